The molecule has 15 heavy (non-hydrogen) atoms. The molecule has 0 radical (unpaired) electrons. The first-order valence-corrected chi connectivity index (χ1v) is 4.96. The molecule has 80 valence electrons. The van der Waals surface area contributed by atoms with Crippen LogP contribution >= 0.6 is 15.9 Å². The van der Waals surface area contributed by atoms with Crippen LogP contribution in [0.1, 0.15) is 5.56 Å². The summed E-state index contributed by atoms with van der Waals surface area (Å²) in [7, 11) is 3.11. The molecule has 0 spiro atoms. The van der Waals surface area contributed by atoms with Crippen LogP contribution in [0, 0.1) is 0 Å². The zero-order valence-electron chi connectivity index (χ0n) is 8.41. The van der Waals surface area contributed by atoms with E-state index in [4.69, 9.17) is 9.47 Å². The van der Waals surface area contributed by atoms with Crippen molar-refractivity contribution < 1.29 is 14.3 Å². The summed E-state index contributed by atoms with van der Waals surface area (Å²) in [5.41, 5.74) is 0.850. The van der Waals surface area contributed by atoms with Crippen LogP contribution in [0.3, 0.4) is 0 Å². The van der Waals surface area contributed by atoms with Crippen LogP contribution in [0.5, 0.6) is 11.5 Å². The molecule has 0 aliphatic carbocycles. The number of methoxy groups -OCH3 is 2. The summed E-state index contributed by atoms with van der Waals surface area (Å²) in [4.78, 5) is 13.5. The summed E-state index contributed by atoms with van der Waals surface area (Å²) >= 11 is 3.35. The SMILES string of the molecule is COc1cc(CN=C=O)cc(Br)c1OC. The predicted octanol–water partition coefficient (Wildman–Crippen LogP) is 2.30. The maximum Gasteiger partial charge on any atom is 0.235 e. The molecule has 0 bridgehead atoms. The number of hydrogen-bond donors (Lipinski definition) is 0. The fourth-order valence-corrected chi connectivity index (χ4v) is 1.84. The van der Waals surface area contributed by atoms with E-state index in [2.05, 4.69) is 20.9 Å². The van der Waals surface area contributed by atoms with Crippen molar-refractivity contribution >= 4 is 22.0 Å². The summed E-state index contributed by atoms with van der Waals surface area (Å²) in [5, 5.41) is 0. The van der Waals surface area contributed by atoms with Gasteiger partial charge in [0.25, 0.3) is 0 Å². The van der Waals surface area contributed by atoms with E-state index in [0.717, 1.165) is 10.0 Å². The van der Waals surface area contributed by atoms with E-state index in [-0.39, 0.29) is 6.54 Å². The molecule has 1 aromatic carbocycles. The van der Waals surface area contributed by atoms with Gasteiger partial charge in [-0.2, -0.15) is 0 Å². The van der Waals surface area contributed by atoms with Gasteiger partial charge in [0.05, 0.1) is 25.2 Å². The normalized spacial score (nSPS) is 9.27. The van der Waals surface area contributed by atoms with Crippen molar-refractivity contribution in [2.45, 2.75) is 6.54 Å². The average molecular weight is 272 g/mol. The Bertz CT molecular complexity index is 400. The van der Waals surface area contributed by atoms with E-state index in [1.54, 1.807) is 20.3 Å². The third kappa shape index (κ3) is 2.81. The lowest BCUT2D eigenvalue weighted by molar-refractivity contribution is 0.352. The molecule has 1 rings (SSSR count). The fourth-order valence-electron chi connectivity index (χ4n) is 1.19. The lowest BCUT2D eigenvalue weighted by atomic mass is 10.2. The van der Waals surface area contributed by atoms with Crippen molar-refractivity contribution in [3.63, 3.8) is 0 Å². The molecule has 0 aliphatic heterocycles. The Labute approximate surface area is 96.0 Å². The standard InChI is InChI=1S/C10H10BrNO3/c1-14-9-4-7(5-12-6-13)3-8(11)10(9)15-2/h3-4H,5H2,1-2H3. The summed E-state index contributed by atoms with van der Waals surface area (Å²) in [6.07, 6.45) is 1.49. The number of halogens is 1. The Hall–Kier alpha value is -1.32. The lowest BCUT2D eigenvalue weighted by Gasteiger charge is -2.10. The van der Waals surface area contributed by atoms with E-state index in [1.807, 2.05) is 6.07 Å². The van der Waals surface area contributed by atoms with E-state index >= 15 is 0 Å². The van der Waals surface area contributed by atoms with Crippen molar-refractivity contribution in [3.8, 4) is 11.5 Å². The average Bonchev–Trinajstić information content (AvgIpc) is 2.25. The molecule has 0 heterocycles. The summed E-state index contributed by atoms with van der Waals surface area (Å²) < 4.78 is 11.1. The van der Waals surface area contributed by atoms with Gasteiger partial charge in [-0.15, -0.1) is 0 Å². The van der Waals surface area contributed by atoms with Gasteiger partial charge in [-0.25, -0.2) is 9.79 Å². The minimum absolute atomic E-state index is 0.280. The predicted molar refractivity (Wildman–Crippen MR) is 59.1 cm³/mol. The minimum Gasteiger partial charge on any atom is -0.493 e. The maximum absolute atomic E-state index is 9.98. The number of hydrogen-bond acceptors (Lipinski definition) is 4. The second-order valence-electron chi connectivity index (χ2n) is 2.72. The second-order valence-corrected chi connectivity index (χ2v) is 3.58. The first kappa shape index (κ1) is 11.8. The Balaban J connectivity index is 3.12. The molecule has 1 aromatic rings. The number of nitrogens with zero attached hydrogens (tertiary/aromatic N) is 1. The molecule has 0 fully saturated rings. The van der Waals surface area contributed by atoms with Gasteiger partial charge < -0.3 is 9.47 Å². The number of aliphatic imine (C=N–C) groups is 1. The van der Waals surface area contributed by atoms with Gasteiger partial charge in [-0.3, -0.25) is 0 Å². The van der Waals surface area contributed by atoms with E-state index in [9.17, 15) is 4.79 Å². The number of rotatable bonds is 4. The van der Waals surface area contributed by atoms with Crippen molar-refractivity contribution in [1.82, 2.24) is 0 Å². The molecule has 5 heteroatoms. The monoisotopic (exact) mass is 271 g/mol. The Kier molecular flexibility index (Phi) is 4.34. The Morgan fingerprint density at radius 1 is 1.40 bits per heavy atom. The fraction of sp³-hybridized carbons (Fsp3) is 0.300. The van der Waals surface area contributed by atoms with Crippen molar-refractivity contribution in [3.05, 3.63) is 22.2 Å². The summed E-state index contributed by atoms with van der Waals surface area (Å²) in [6, 6.07) is 3.59. The molecule has 0 saturated heterocycles. The van der Waals surface area contributed by atoms with Gasteiger partial charge in [0.2, 0.25) is 6.08 Å². The molecule has 0 unspecified atom stereocenters. The zero-order chi connectivity index (χ0) is 11.3. The smallest absolute Gasteiger partial charge is 0.235 e. The molecule has 0 amide bonds. The van der Waals surface area contributed by atoms with Crippen LogP contribution in [0.4, 0.5) is 0 Å². The highest BCUT2D eigenvalue weighted by atomic mass is 79.9. The Morgan fingerprint density at radius 3 is 2.67 bits per heavy atom. The number of carbonyl (C=O) groups excluding carboxylic acids is 1. The van der Waals surface area contributed by atoms with E-state index < -0.39 is 0 Å². The van der Waals surface area contributed by atoms with E-state index in [1.165, 1.54) is 6.08 Å². The third-order valence-corrected chi connectivity index (χ3v) is 2.41. The molecule has 0 N–H and O–H groups in total. The number of ether oxygens (including phenoxy) is 2. The van der Waals surface area contributed by atoms with Crippen LogP contribution in [-0.2, 0) is 11.3 Å². The van der Waals surface area contributed by atoms with Gasteiger partial charge in [-0.05, 0) is 33.6 Å². The summed E-state index contributed by atoms with van der Waals surface area (Å²) in [5.74, 6) is 1.22. The van der Waals surface area contributed by atoms with Crippen LogP contribution in [0.15, 0.2) is 21.6 Å². The van der Waals surface area contributed by atoms with Gasteiger partial charge >= 0.3 is 0 Å². The zero-order valence-corrected chi connectivity index (χ0v) is 10.00. The topological polar surface area (TPSA) is 47.9 Å². The number of benzene rings is 1. The summed E-state index contributed by atoms with van der Waals surface area (Å²) in [6.45, 7) is 0.280. The van der Waals surface area contributed by atoms with Crippen molar-refractivity contribution in [2.75, 3.05) is 14.2 Å². The first-order valence-electron chi connectivity index (χ1n) is 4.17. The van der Waals surface area contributed by atoms with Crippen molar-refractivity contribution in [2.24, 2.45) is 4.99 Å². The van der Waals surface area contributed by atoms with Gasteiger partial charge in [0.15, 0.2) is 11.5 Å². The third-order valence-electron chi connectivity index (χ3n) is 1.82. The first-order chi connectivity index (χ1) is 7.22. The van der Waals surface area contributed by atoms with Crippen LogP contribution in [0.25, 0.3) is 0 Å². The Morgan fingerprint density at radius 2 is 2.13 bits per heavy atom. The molecular formula is C10H10BrNO3. The van der Waals surface area contributed by atoms with Crippen LogP contribution in [0.2, 0.25) is 0 Å². The molecule has 0 aliphatic rings. The molecule has 4 nitrogen and oxygen atoms in total. The largest absolute Gasteiger partial charge is 0.493 e. The van der Waals surface area contributed by atoms with E-state index in [0.29, 0.717) is 11.5 Å². The van der Waals surface area contributed by atoms with Crippen LogP contribution in [-0.4, -0.2) is 20.3 Å². The quantitative estimate of drug-likeness (QED) is 0.624. The molecular weight excluding hydrogens is 262 g/mol. The number of isocyanates is 1. The highest BCUT2D eigenvalue weighted by molar-refractivity contribution is 9.10. The van der Waals surface area contributed by atoms with Gasteiger partial charge in [0, 0.05) is 0 Å². The second kappa shape index (κ2) is 5.53. The highest BCUT2D eigenvalue weighted by Crippen LogP contribution is 2.36. The van der Waals surface area contributed by atoms with Crippen LogP contribution < -0.4 is 9.47 Å². The molecule has 0 aromatic heterocycles. The highest BCUT2D eigenvalue weighted by Gasteiger charge is 2.09. The molecule has 0 atom stereocenters. The lowest BCUT2D eigenvalue weighted by Crippen LogP contribution is -1.93. The van der Waals surface area contributed by atoms with Gasteiger partial charge in [-0.1, -0.05) is 0 Å². The minimum atomic E-state index is 0.280. The van der Waals surface area contributed by atoms with Crippen molar-refractivity contribution in [1.29, 1.82) is 0 Å². The van der Waals surface area contributed by atoms with Gasteiger partial charge in [0.1, 0.15) is 0 Å². The maximum atomic E-state index is 9.98. The molecule has 0 saturated carbocycles.